The summed E-state index contributed by atoms with van der Waals surface area (Å²) >= 11 is 3.73. The van der Waals surface area contributed by atoms with Crippen molar-refractivity contribution in [3.05, 3.63) is 63.6 Å². The zero-order valence-electron chi connectivity index (χ0n) is 12.4. The first-order valence-corrected chi connectivity index (χ1v) is 8.38. The van der Waals surface area contributed by atoms with Crippen LogP contribution in [0.5, 0.6) is 0 Å². The minimum absolute atomic E-state index is 0.932. The molecule has 0 spiro atoms. The van der Waals surface area contributed by atoms with Crippen LogP contribution in [0.4, 0.5) is 5.69 Å². The minimum atomic E-state index is 0.932. The number of benzene rings is 2. The maximum absolute atomic E-state index is 3.73. The van der Waals surface area contributed by atoms with E-state index in [1.54, 1.807) is 0 Å². The Morgan fingerprint density at radius 2 is 2.05 bits per heavy atom. The largest absolute Gasteiger partial charge is 0.367 e. The molecule has 0 unspecified atom stereocenters. The molecule has 1 heterocycles. The van der Waals surface area contributed by atoms with Crippen molar-refractivity contribution in [3.63, 3.8) is 0 Å². The van der Waals surface area contributed by atoms with E-state index in [1.807, 2.05) is 0 Å². The quantitative estimate of drug-likeness (QED) is 0.877. The highest BCUT2D eigenvalue weighted by molar-refractivity contribution is 9.10. The summed E-state index contributed by atoms with van der Waals surface area (Å²) in [4.78, 5) is 2.47. The molecule has 0 aromatic heterocycles. The first-order valence-electron chi connectivity index (χ1n) is 7.59. The van der Waals surface area contributed by atoms with E-state index in [2.05, 4.69) is 75.5 Å². The summed E-state index contributed by atoms with van der Waals surface area (Å²) in [5.41, 5.74) is 5.54. The Balaban J connectivity index is 1.74. The standard InChI is InChI=1S/C18H21BrN2/c1-2-20-12-14-7-8-16(17(19)11-14)13-21-10-9-15-5-3-4-6-18(15)21/h3-8,11,20H,2,9-10,12-13H2,1H3. The van der Waals surface area contributed by atoms with Gasteiger partial charge in [0.1, 0.15) is 0 Å². The third-order valence-corrected chi connectivity index (χ3v) is 4.78. The molecule has 2 aromatic rings. The topological polar surface area (TPSA) is 15.3 Å². The van der Waals surface area contributed by atoms with Crippen molar-refractivity contribution >= 4 is 21.6 Å². The third kappa shape index (κ3) is 3.30. The monoisotopic (exact) mass is 344 g/mol. The zero-order valence-corrected chi connectivity index (χ0v) is 14.0. The first-order chi connectivity index (χ1) is 10.3. The van der Waals surface area contributed by atoms with Crippen molar-refractivity contribution in [3.8, 4) is 0 Å². The van der Waals surface area contributed by atoms with Gasteiger partial charge in [-0.1, -0.05) is 53.2 Å². The van der Waals surface area contributed by atoms with E-state index in [0.717, 1.165) is 32.6 Å². The Morgan fingerprint density at radius 1 is 1.19 bits per heavy atom. The molecular formula is C18H21BrN2. The molecule has 0 fully saturated rings. The number of fused-ring (bicyclic) bond motifs is 1. The molecule has 3 heteroatoms. The van der Waals surface area contributed by atoms with Crippen LogP contribution in [0.1, 0.15) is 23.6 Å². The molecule has 0 amide bonds. The Morgan fingerprint density at radius 3 is 2.86 bits per heavy atom. The van der Waals surface area contributed by atoms with Crippen LogP contribution >= 0.6 is 15.9 Å². The van der Waals surface area contributed by atoms with Gasteiger partial charge < -0.3 is 10.2 Å². The van der Waals surface area contributed by atoms with Gasteiger partial charge in [0.25, 0.3) is 0 Å². The molecule has 0 saturated heterocycles. The molecule has 2 aromatic carbocycles. The number of hydrogen-bond acceptors (Lipinski definition) is 2. The number of anilines is 1. The fourth-order valence-corrected chi connectivity index (χ4v) is 3.43. The number of para-hydroxylation sites is 1. The molecule has 1 N–H and O–H groups in total. The number of rotatable bonds is 5. The highest BCUT2D eigenvalue weighted by Crippen LogP contribution is 2.30. The maximum atomic E-state index is 3.73. The van der Waals surface area contributed by atoms with Gasteiger partial charge in [0.15, 0.2) is 0 Å². The Hall–Kier alpha value is -1.32. The predicted molar refractivity (Wildman–Crippen MR) is 92.7 cm³/mol. The summed E-state index contributed by atoms with van der Waals surface area (Å²) in [6, 6.07) is 15.4. The predicted octanol–water partition coefficient (Wildman–Crippen LogP) is 4.12. The summed E-state index contributed by atoms with van der Waals surface area (Å²) in [6.45, 7) is 6.16. The van der Waals surface area contributed by atoms with Gasteiger partial charge in [0, 0.05) is 29.8 Å². The lowest BCUT2D eigenvalue weighted by Gasteiger charge is -2.20. The molecular weight excluding hydrogens is 324 g/mol. The van der Waals surface area contributed by atoms with E-state index in [4.69, 9.17) is 0 Å². The summed E-state index contributed by atoms with van der Waals surface area (Å²) in [6.07, 6.45) is 1.16. The van der Waals surface area contributed by atoms with Crippen LogP contribution in [0.3, 0.4) is 0 Å². The first kappa shape index (κ1) is 14.6. The van der Waals surface area contributed by atoms with Crippen molar-refractivity contribution < 1.29 is 0 Å². The molecule has 0 saturated carbocycles. The number of nitrogens with zero attached hydrogens (tertiary/aromatic N) is 1. The molecule has 0 atom stereocenters. The fourth-order valence-electron chi connectivity index (χ4n) is 2.87. The lowest BCUT2D eigenvalue weighted by molar-refractivity contribution is 0.725. The van der Waals surface area contributed by atoms with Gasteiger partial charge in [-0.3, -0.25) is 0 Å². The van der Waals surface area contributed by atoms with Crippen LogP contribution < -0.4 is 10.2 Å². The normalized spacial score (nSPS) is 13.5. The van der Waals surface area contributed by atoms with Crippen LogP contribution in [0, 0.1) is 0 Å². The molecule has 1 aliphatic rings. The number of nitrogens with one attached hydrogen (secondary N) is 1. The molecule has 0 radical (unpaired) electrons. The fraction of sp³-hybridized carbons (Fsp3) is 0.333. The van der Waals surface area contributed by atoms with E-state index in [0.29, 0.717) is 0 Å². The second-order valence-electron chi connectivity index (χ2n) is 5.51. The number of halogens is 1. The SMILES string of the molecule is CCNCc1ccc(CN2CCc3ccccc32)c(Br)c1. The van der Waals surface area contributed by atoms with Crippen molar-refractivity contribution in [2.45, 2.75) is 26.4 Å². The van der Waals surface area contributed by atoms with E-state index >= 15 is 0 Å². The van der Waals surface area contributed by atoms with Crippen molar-refractivity contribution in [2.75, 3.05) is 18.0 Å². The van der Waals surface area contributed by atoms with Gasteiger partial charge in [0.2, 0.25) is 0 Å². The van der Waals surface area contributed by atoms with Crippen LogP contribution in [-0.4, -0.2) is 13.1 Å². The highest BCUT2D eigenvalue weighted by atomic mass is 79.9. The van der Waals surface area contributed by atoms with Crippen molar-refractivity contribution in [2.24, 2.45) is 0 Å². The lowest BCUT2D eigenvalue weighted by atomic mass is 10.1. The summed E-state index contributed by atoms with van der Waals surface area (Å²) in [5, 5.41) is 3.37. The molecule has 21 heavy (non-hydrogen) atoms. The molecule has 2 nitrogen and oxygen atoms in total. The minimum Gasteiger partial charge on any atom is -0.367 e. The third-order valence-electron chi connectivity index (χ3n) is 4.04. The van der Waals surface area contributed by atoms with Crippen LogP contribution in [0.15, 0.2) is 46.9 Å². The van der Waals surface area contributed by atoms with Gasteiger partial charge in [-0.15, -0.1) is 0 Å². The average Bonchev–Trinajstić information content (AvgIpc) is 2.91. The molecule has 0 bridgehead atoms. The molecule has 0 aliphatic carbocycles. The molecule has 1 aliphatic heterocycles. The van der Waals surface area contributed by atoms with Crippen LogP contribution in [0.2, 0.25) is 0 Å². The van der Waals surface area contributed by atoms with E-state index < -0.39 is 0 Å². The Labute approximate surface area is 135 Å². The van der Waals surface area contributed by atoms with Gasteiger partial charge in [-0.2, -0.15) is 0 Å². The molecule has 3 rings (SSSR count). The van der Waals surface area contributed by atoms with Crippen LogP contribution in [0.25, 0.3) is 0 Å². The van der Waals surface area contributed by atoms with Crippen molar-refractivity contribution in [1.82, 2.24) is 5.32 Å². The lowest BCUT2D eigenvalue weighted by Crippen LogP contribution is -2.20. The number of hydrogen-bond donors (Lipinski definition) is 1. The average molecular weight is 345 g/mol. The van der Waals surface area contributed by atoms with E-state index in [9.17, 15) is 0 Å². The van der Waals surface area contributed by atoms with Gasteiger partial charge in [-0.05, 0) is 41.8 Å². The molecule has 110 valence electrons. The zero-order chi connectivity index (χ0) is 14.7. The highest BCUT2D eigenvalue weighted by Gasteiger charge is 2.18. The summed E-state index contributed by atoms with van der Waals surface area (Å²) < 4.78 is 1.21. The van der Waals surface area contributed by atoms with Crippen molar-refractivity contribution in [1.29, 1.82) is 0 Å². The Kier molecular flexibility index (Phi) is 4.61. The maximum Gasteiger partial charge on any atom is 0.0440 e. The second-order valence-corrected chi connectivity index (χ2v) is 6.36. The van der Waals surface area contributed by atoms with Crippen LogP contribution in [-0.2, 0) is 19.5 Å². The van der Waals surface area contributed by atoms with E-state index in [1.165, 1.54) is 26.9 Å². The van der Waals surface area contributed by atoms with E-state index in [-0.39, 0.29) is 0 Å². The summed E-state index contributed by atoms with van der Waals surface area (Å²) in [7, 11) is 0. The second kappa shape index (κ2) is 6.63. The smallest absolute Gasteiger partial charge is 0.0440 e. The van der Waals surface area contributed by atoms with Gasteiger partial charge >= 0.3 is 0 Å². The van der Waals surface area contributed by atoms with Gasteiger partial charge in [0.05, 0.1) is 0 Å². The Bertz CT molecular complexity index is 624. The summed E-state index contributed by atoms with van der Waals surface area (Å²) in [5.74, 6) is 0. The van der Waals surface area contributed by atoms with Gasteiger partial charge in [-0.25, -0.2) is 0 Å².